The van der Waals surface area contributed by atoms with E-state index in [1.807, 2.05) is 12.1 Å². The van der Waals surface area contributed by atoms with Gasteiger partial charge in [0.25, 0.3) is 0 Å². The molecule has 18 heavy (non-hydrogen) atoms. The van der Waals surface area contributed by atoms with Crippen LogP contribution in [0.15, 0.2) is 18.3 Å². The van der Waals surface area contributed by atoms with Gasteiger partial charge in [0, 0.05) is 24.2 Å². The molecule has 1 N–H and O–H groups in total. The van der Waals surface area contributed by atoms with Gasteiger partial charge in [0.15, 0.2) is 0 Å². The molecule has 0 spiro atoms. The highest BCUT2D eigenvalue weighted by Gasteiger charge is 2.15. The number of rotatable bonds is 4. The molecule has 0 aliphatic heterocycles. The highest BCUT2D eigenvalue weighted by atomic mass is 35.5. The Kier molecular flexibility index (Phi) is 4.21. The van der Waals surface area contributed by atoms with Crippen LogP contribution in [0.3, 0.4) is 0 Å². The normalized spacial score (nSPS) is 11.7. The molecule has 2 nitrogen and oxygen atoms in total. The Bertz CT molecular complexity index is 560. The van der Waals surface area contributed by atoms with Gasteiger partial charge >= 0.3 is 0 Å². The molecule has 1 heterocycles. The number of nitrogens with zero attached hydrogens (tertiary/aromatic N) is 1. The van der Waals surface area contributed by atoms with Crippen molar-refractivity contribution >= 4 is 34.1 Å². The summed E-state index contributed by atoms with van der Waals surface area (Å²) < 4.78 is 2.15. The van der Waals surface area contributed by atoms with Gasteiger partial charge in [-0.05, 0) is 38.3 Å². The standard InChI is InChI=1S/C14H17Cl2NO/c1-9(2)17-8-10(4-3-7-18)11-5-6-12(15)13(16)14(11)17/h5-6,8-9,18H,3-4,7H2,1-2H3. The number of halogens is 2. The second-order valence-electron chi connectivity index (χ2n) is 4.74. The van der Waals surface area contributed by atoms with E-state index < -0.39 is 0 Å². The van der Waals surface area contributed by atoms with Crippen LogP contribution in [0, 0.1) is 0 Å². The third-order valence-electron chi connectivity index (χ3n) is 3.13. The molecule has 2 aromatic rings. The quantitative estimate of drug-likeness (QED) is 0.882. The summed E-state index contributed by atoms with van der Waals surface area (Å²) >= 11 is 12.4. The summed E-state index contributed by atoms with van der Waals surface area (Å²) in [4.78, 5) is 0. The first kappa shape index (κ1) is 13.7. The zero-order chi connectivity index (χ0) is 13.3. The van der Waals surface area contributed by atoms with Crippen LogP contribution in [0.25, 0.3) is 10.9 Å². The van der Waals surface area contributed by atoms with Crippen molar-refractivity contribution in [2.24, 2.45) is 0 Å². The summed E-state index contributed by atoms with van der Waals surface area (Å²) in [5.41, 5.74) is 2.21. The molecule has 0 amide bonds. The third kappa shape index (κ3) is 2.37. The van der Waals surface area contributed by atoms with Gasteiger partial charge in [-0.1, -0.05) is 29.3 Å². The van der Waals surface area contributed by atoms with Crippen LogP contribution < -0.4 is 0 Å². The number of hydrogen-bond donors (Lipinski definition) is 1. The molecule has 0 saturated carbocycles. The van der Waals surface area contributed by atoms with E-state index >= 15 is 0 Å². The lowest BCUT2D eigenvalue weighted by Gasteiger charge is -2.10. The van der Waals surface area contributed by atoms with Crippen molar-refractivity contribution < 1.29 is 5.11 Å². The van der Waals surface area contributed by atoms with Crippen LogP contribution in [-0.2, 0) is 6.42 Å². The molecular weight excluding hydrogens is 269 g/mol. The first-order chi connectivity index (χ1) is 8.56. The Hall–Kier alpha value is -0.700. The molecule has 0 radical (unpaired) electrons. The molecule has 98 valence electrons. The van der Waals surface area contributed by atoms with Crippen molar-refractivity contribution in [1.29, 1.82) is 0 Å². The average Bonchev–Trinajstić information content (AvgIpc) is 2.71. The van der Waals surface area contributed by atoms with Crippen LogP contribution >= 0.6 is 23.2 Å². The Morgan fingerprint density at radius 2 is 2.00 bits per heavy atom. The summed E-state index contributed by atoms with van der Waals surface area (Å²) in [7, 11) is 0. The molecule has 0 unspecified atom stereocenters. The number of aliphatic hydroxyl groups is 1. The zero-order valence-corrected chi connectivity index (χ0v) is 12.1. The topological polar surface area (TPSA) is 25.2 Å². The van der Waals surface area contributed by atoms with Crippen molar-refractivity contribution in [3.63, 3.8) is 0 Å². The molecule has 0 fully saturated rings. The van der Waals surface area contributed by atoms with Gasteiger partial charge in [-0.3, -0.25) is 0 Å². The van der Waals surface area contributed by atoms with E-state index in [4.69, 9.17) is 28.3 Å². The summed E-state index contributed by atoms with van der Waals surface area (Å²) in [6, 6.07) is 4.17. The number of benzene rings is 1. The van der Waals surface area contributed by atoms with Crippen molar-refractivity contribution in [2.45, 2.75) is 32.7 Å². The minimum absolute atomic E-state index is 0.204. The fourth-order valence-corrected chi connectivity index (χ4v) is 2.64. The van der Waals surface area contributed by atoms with Gasteiger partial charge < -0.3 is 9.67 Å². The van der Waals surface area contributed by atoms with E-state index in [9.17, 15) is 0 Å². The fraction of sp³-hybridized carbons (Fsp3) is 0.429. The van der Waals surface area contributed by atoms with Gasteiger partial charge in [0.2, 0.25) is 0 Å². The van der Waals surface area contributed by atoms with E-state index in [1.54, 1.807) is 0 Å². The molecule has 2 rings (SSSR count). The molecule has 4 heteroatoms. The number of aryl methyl sites for hydroxylation is 1. The largest absolute Gasteiger partial charge is 0.396 e. The van der Waals surface area contributed by atoms with E-state index in [0.717, 1.165) is 23.7 Å². The monoisotopic (exact) mass is 285 g/mol. The molecule has 1 aromatic heterocycles. The van der Waals surface area contributed by atoms with Crippen LogP contribution in [-0.4, -0.2) is 16.3 Å². The minimum atomic E-state index is 0.204. The lowest BCUT2D eigenvalue weighted by atomic mass is 10.1. The van der Waals surface area contributed by atoms with Gasteiger partial charge in [-0.2, -0.15) is 0 Å². The highest BCUT2D eigenvalue weighted by molar-refractivity contribution is 6.45. The minimum Gasteiger partial charge on any atom is -0.396 e. The first-order valence-electron chi connectivity index (χ1n) is 6.14. The summed E-state index contributed by atoms with van der Waals surface area (Å²) in [5, 5.41) is 11.3. The van der Waals surface area contributed by atoms with Gasteiger partial charge in [0.05, 0.1) is 15.6 Å². The number of hydrogen-bond acceptors (Lipinski definition) is 1. The number of aliphatic hydroxyl groups excluding tert-OH is 1. The maximum Gasteiger partial charge on any atom is 0.0835 e. The third-order valence-corrected chi connectivity index (χ3v) is 3.92. The average molecular weight is 286 g/mol. The maximum absolute atomic E-state index is 8.96. The summed E-state index contributed by atoms with van der Waals surface area (Å²) in [6.45, 7) is 4.44. The van der Waals surface area contributed by atoms with E-state index in [2.05, 4.69) is 24.6 Å². The molecule has 0 aliphatic carbocycles. The van der Waals surface area contributed by atoms with Crippen molar-refractivity contribution in [2.75, 3.05) is 6.61 Å². The molecule has 0 saturated heterocycles. The lowest BCUT2D eigenvalue weighted by Crippen LogP contribution is -1.98. The Labute approximate surface area is 117 Å². The zero-order valence-electron chi connectivity index (χ0n) is 10.6. The summed E-state index contributed by atoms with van der Waals surface area (Å²) in [5.74, 6) is 0. The summed E-state index contributed by atoms with van der Waals surface area (Å²) in [6.07, 6.45) is 3.73. The smallest absolute Gasteiger partial charge is 0.0835 e. The lowest BCUT2D eigenvalue weighted by molar-refractivity contribution is 0.288. The van der Waals surface area contributed by atoms with Crippen LogP contribution in [0.1, 0.15) is 31.9 Å². The fourth-order valence-electron chi connectivity index (χ4n) is 2.23. The Balaban J connectivity index is 2.64. The highest BCUT2D eigenvalue weighted by Crippen LogP contribution is 2.35. The predicted molar refractivity (Wildman–Crippen MR) is 77.7 cm³/mol. The number of aromatic nitrogens is 1. The molecule has 0 bridgehead atoms. The van der Waals surface area contributed by atoms with Crippen LogP contribution in [0.4, 0.5) is 0 Å². The molecule has 1 aromatic carbocycles. The predicted octanol–water partition coefficient (Wildman–Crippen LogP) is 4.45. The van der Waals surface area contributed by atoms with Gasteiger partial charge in [0.1, 0.15) is 0 Å². The maximum atomic E-state index is 8.96. The van der Waals surface area contributed by atoms with Crippen LogP contribution in [0.5, 0.6) is 0 Å². The van der Waals surface area contributed by atoms with Gasteiger partial charge in [-0.15, -0.1) is 0 Å². The second kappa shape index (κ2) is 5.52. The van der Waals surface area contributed by atoms with E-state index in [1.165, 1.54) is 5.56 Å². The van der Waals surface area contributed by atoms with Gasteiger partial charge in [-0.25, -0.2) is 0 Å². The van der Waals surface area contributed by atoms with E-state index in [0.29, 0.717) is 16.1 Å². The SMILES string of the molecule is CC(C)n1cc(CCCO)c2ccc(Cl)c(Cl)c21. The second-order valence-corrected chi connectivity index (χ2v) is 5.53. The van der Waals surface area contributed by atoms with E-state index in [-0.39, 0.29) is 6.61 Å². The van der Waals surface area contributed by atoms with Crippen molar-refractivity contribution in [1.82, 2.24) is 4.57 Å². The first-order valence-corrected chi connectivity index (χ1v) is 6.90. The number of fused-ring (bicyclic) bond motifs is 1. The Morgan fingerprint density at radius 1 is 1.28 bits per heavy atom. The molecular formula is C14H17Cl2NO. The Morgan fingerprint density at radius 3 is 2.61 bits per heavy atom. The van der Waals surface area contributed by atoms with Crippen molar-refractivity contribution in [3.8, 4) is 0 Å². The molecule has 0 aliphatic rings. The van der Waals surface area contributed by atoms with Crippen molar-refractivity contribution in [3.05, 3.63) is 33.9 Å². The molecule has 0 atom stereocenters. The van der Waals surface area contributed by atoms with Crippen LogP contribution in [0.2, 0.25) is 10.0 Å².